The fourth-order valence-electron chi connectivity index (χ4n) is 2.19. The van der Waals surface area contributed by atoms with Crippen molar-refractivity contribution >= 4 is 12.3 Å². The molecule has 1 saturated heterocycles. The highest BCUT2D eigenvalue weighted by Gasteiger charge is 2.24. The highest BCUT2D eigenvalue weighted by atomic mass is 16.4. The van der Waals surface area contributed by atoms with Crippen molar-refractivity contribution in [2.24, 2.45) is 11.7 Å². The normalized spacial score (nSPS) is 22.6. The monoisotopic (exact) mass is 257 g/mol. The summed E-state index contributed by atoms with van der Waals surface area (Å²) in [5.74, 6) is -0.829. The zero-order valence-electron chi connectivity index (χ0n) is 10.7. The maximum Gasteiger partial charge on any atom is 0.322 e. The molecule has 2 atom stereocenters. The molecule has 1 aliphatic heterocycles. The Morgan fingerprint density at radius 2 is 2.33 bits per heavy atom. The number of nitrogens with two attached hydrogens (primary N) is 1. The number of piperidine rings is 1. The van der Waals surface area contributed by atoms with Crippen LogP contribution in [0.5, 0.6) is 0 Å². The van der Waals surface area contributed by atoms with E-state index in [1.165, 1.54) is 0 Å². The first-order valence-corrected chi connectivity index (χ1v) is 6.56. The fourth-order valence-corrected chi connectivity index (χ4v) is 2.19. The van der Waals surface area contributed by atoms with E-state index in [9.17, 15) is 9.59 Å². The molecule has 18 heavy (non-hydrogen) atoms. The molecular formula is C12H23N3O3. The first-order chi connectivity index (χ1) is 8.67. The molecule has 1 heterocycles. The second-order valence-corrected chi connectivity index (χ2v) is 4.79. The molecule has 1 fully saturated rings. The van der Waals surface area contributed by atoms with E-state index in [-0.39, 0.29) is 5.92 Å². The summed E-state index contributed by atoms with van der Waals surface area (Å²) in [7, 11) is 0. The van der Waals surface area contributed by atoms with Crippen molar-refractivity contribution in [2.75, 3.05) is 19.6 Å². The lowest BCUT2D eigenvalue weighted by molar-refractivity contribution is -0.141. The Labute approximate surface area is 107 Å². The number of nitrogens with zero attached hydrogens (tertiary/aromatic N) is 1. The second-order valence-electron chi connectivity index (χ2n) is 4.79. The molecule has 0 aromatic carbocycles. The van der Waals surface area contributed by atoms with Gasteiger partial charge >= 0.3 is 5.97 Å². The summed E-state index contributed by atoms with van der Waals surface area (Å²) >= 11 is 0. The van der Waals surface area contributed by atoms with Crippen LogP contribution in [0.4, 0.5) is 0 Å². The molecule has 0 saturated carbocycles. The third-order valence-corrected chi connectivity index (χ3v) is 3.23. The largest absolute Gasteiger partial charge is 0.480 e. The summed E-state index contributed by atoms with van der Waals surface area (Å²) in [4.78, 5) is 21.9. The molecule has 0 amide bonds. The Balaban J connectivity index is 2.39. The minimum absolute atomic E-state index is 0.0183. The molecule has 1 rings (SSSR count). The van der Waals surface area contributed by atoms with Gasteiger partial charge in [-0.3, -0.25) is 4.79 Å². The van der Waals surface area contributed by atoms with E-state index in [1.807, 2.05) is 5.01 Å². The van der Waals surface area contributed by atoms with Gasteiger partial charge in [0.2, 0.25) is 0 Å². The number of aliphatic carboxylic acids is 1. The van der Waals surface area contributed by atoms with Crippen LogP contribution in [-0.2, 0) is 9.59 Å². The van der Waals surface area contributed by atoms with Crippen LogP contribution in [0.2, 0.25) is 0 Å². The van der Waals surface area contributed by atoms with Crippen LogP contribution in [0.15, 0.2) is 0 Å². The van der Waals surface area contributed by atoms with Crippen LogP contribution < -0.4 is 11.2 Å². The molecule has 2 unspecified atom stereocenters. The van der Waals surface area contributed by atoms with Gasteiger partial charge in [-0.1, -0.05) is 0 Å². The summed E-state index contributed by atoms with van der Waals surface area (Å²) < 4.78 is 0. The first-order valence-electron chi connectivity index (χ1n) is 6.56. The van der Waals surface area contributed by atoms with Crippen molar-refractivity contribution in [3.63, 3.8) is 0 Å². The van der Waals surface area contributed by atoms with Crippen molar-refractivity contribution < 1.29 is 14.7 Å². The number of unbranched alkanes of at least 4 members (excludes halogenated alkanes) is 1. The predicted molar refractivity (Wildman–Crippen MR) is 67.8 cm³/mol. The Kier molecular flexibility index (Phi) is 6.85. The summed E-state index contributed by atoms with van der Waals surface area (Å²) in [6.07, 6.45) is 4.97. The standard InChI is InChI=1S/C12H23N3O3/c13-6-2-1-5-11(12(17)18)14-15-7-3-4-10(8-15)9-16/h9-11,14H,1-8,13H2,(H,17,18). The van der Waals surface area contributed by atoms with Crippen molar-refractivity contribution in [1.82, 2.24) is 10.4 Å². The quantitative estimate of drug-likeness (QED) is 0.418. The van der Waals surface area contributed by atoms with E-state index in [0.29, 0.717) is 19.5 Å². The first kappa shape index (κ1) is 15.1. The van der Waals surface area contributed by atoms with E-state index in [0.717, 1.165) is 38.5 Å². The second kappa shape index (κ2) is 8.18. The van der Waals surface area contributed by atoms with Crippen molar-refractivity contribution in [2.45, 2.75) is 38.1 Å². The highest BCUT2D eigenvalue weighted by molar-refractivity contribution is 5.73. The number of nitrogens with one attached hydrogen (secondary N) is 1. The number of hydrogen-bond donors (Lipinski definition) is 3. The number of carbonyl (C=O) groups is 2. The lowest BCUT2D eigenvalue weighted by atomic mass is 10.0. The van der Waals surface area contributed by atoms with E-state index in [4.69, 9.17) is 10.8 Å². The summed E-state index contributed by atoms with van der Waals surface area (Å²) in [5, 5.41) is 11.0. The lowest BCUT2D eigenvalue weighted by Gasteiger charge is -2.32. The van der Waals surface area contributed by atoms with Crippen molar-refractivity contribution in [3.8, 4) is 0 Å². The number of hydrogen-bond acceptors (Lipinski definition) is 5. The van der Waals surface area contributed by atoms with E-state index in [1.54, 1.807) is 0 Å². The van der Waals surface area contributed by atoms with Crippen molar-refractivity contribution in [1.29, 1.82) is 0 Å². The molecule has 104 valence electrons. The number of carboxylic acid groups (broad SMARTS) is 1. The molecule has 0 radical (unpaired) electrons. The average molecular weight is 257 g/mol. The molecule has 0 aromatic heterocycles. The van der Waals surface area contributed by atoms with E-state index < -0.39 is 12.0 Å². The molecule has 4 N–H and O–H groups in total. The topological polar surface area (TPSA) is 95.7 Å². The number of rotatable bonds is 8. The maximum atomic E-state index is 11.1. The molecule has 0 aromatic rings. The van der Waals surface area contributed by atoms with Gasteiger partial charge in [0, 0.05) is 19.0 Å². The van der Waals surface area contributed by atoms with Crippen LogP contribution in [0.1, 0.15) is 32.1 Å². The minimum atomic E-state index is -0.847. The number of hydrazine groups is 1. The molecular weight excluding hydrogens is 234 g/mol. The smallest absolute Gasteiger partial charge is 0.322 e. The highest BCUT2D eigenvalue weighted by Crippen LogP contribution is 2.13. The van der Waals surface area contributed by atoms with Crippen molar-refractivity contribution in [3.05, 3.63) is 0 Å². The van der Waals surface area contributed by atoms with Gasteiger partial charge in [0.25, 0.3) is 0 Å². The Morgan fingerprint density at radius 1 is 1.56 bits per heavy atom. The SMILES string of the molecule is NCCCCC(NN1CCCC(C=O)C1)C(=O)O. The Morgan fingerprint density at radius 3 is 2.94 bits per heavy atom. The third-order valence-electron chi connectivity index (χ3n) is 3.23. The van der Waals surface area contributed by atoms with E-state index >= 15 is 0 Å². The molecule has 1 aliphatic rings. The van der Waals surface area contributed by atoms with Gasteiger partial charge in [0.05, 0.1) is 0 Å². The fraction of sp³-hybridized carbons (Fsp3) is 0.833. The van der Waals surface area contributed by atoms with Gasteiger partial charge in [-0.2, -0.15) is 0 Å². The van der Waals surface area contributed by atoms with Crippen LogP contribution in [-0.4, -0.2) is 48.0 Å². The zero-order chi connectivity index (χ0) is 13.4. The van der Waals surface area contributed by atoms with Gasteiger partial charge < -0.3 is 15.6 Å². The molecule has 0 spiro atoms. The summed E-state index contributed by atoms with van der Waals surface area (Å²) in [5.41, 5.74) is 8.41. The van der Waals surface area contributed by atoms with Gasteiger partial charge in [0.1, 0.15) is 12.3 Å². The Bertz CT molecular complexity index is 273. The lowest BCUT2D eigenvalue weighted by Crippen LogP contribution is -2.52. The minimum Gasteiger partial charge on any atom is -0.480 e. The molecule has 6 heteroatoms. The molecule has 6 nitrogen and oxygen atoms in total. The van der Waals surface area contributed by atoms with Crippen LogP contribution in [0.3, 0.4) is 0 Å². The Hall–Kier alpha value is -0.980. The third kappa shape index (κ3) is 5.12. The predicted octanol–water partition coefficient (Wildman–Crippen LogP) is -0.0159. The summed E-state index contributed by atoms with van der Waals surface area (Å²) in [6.45, 7) is 1.98. The number of aldehydes is 1. The van der Waals surface area contributed by atoms with E-state index in [2.05, 4.69) is 5.43 Å². The molecule has 0 bridgehead atoms. The van der Waals surface area contributed by atoms with Crippen LogP contribution in [0.25, 0.3) is 0 Å². The van der Waals surface area contributed by atoms with Gasteiger partial charge in [-0.05, 0) is 38.6 Å². The maximum absolute atomic E-state index is 11.1. The molecule has 0 aliphatic carbocycles. The van der Waals surface area contributed by atoms with Gasteiger partial charge in [-0.15, -0.1) is 0 Å². The van der Waals surface area contributed by atoms with Crippen LogP contribution in [0, 0.1) is 5.92 Å². The number of carboxylic acids is 1. The van der Waals surface area contributed by atoms with Gasteiger partial charge in [0.15, 0.2) is 0 Å². The number of carbonyl (C=O) groups excluding carboxylic acids is 1. The average Bonchev–Trinajstić information content (AvgIpc) is 2.38. The van der Waals surface area contributed by atoms with Gasteiger partial charge in [-0.25, -0.2) is 10.4 Å². The van der Waals surface area contributed by atoms with Crippen LogP contribution >= 0.6 is 0 Å². The zero-order valence-corrected chi connectivity index (χ0v) is 10.7. The summed E-state index contributed by atoms with van der Waals surface area (Å²) in [6, 6.07) is -0.582.